The van der Waals surface area contributed by atoms with Crippen molar-refractivity contribution in [2.24, 2.45) is 0 Å². The number of nitrogens with zero attached hydrogens (tertiary/aromatic N) is 1. The van der Waals surface area contributed by atoms with Crippen LogP contribution >= 0.6 is 0 Å². The van der Waals surface area contributed by atoms with E-state index in [0.717, 1.165) is 12.2 Å². The van der Waals surface area contributed by atoms with Crippen molar-refractivity contribution in [2.75, 3.05) is 18.5 Å². The topological polar surface area (TPSA) is 92.8 Å². The molecule has 0 radical (unpaired) electrons. The van der Waals surface area contributed by atoms with Crippen molar-refractivity contribution in [3.05, 3.63) is 48.6 Å². The van der Waals surface area contributed by atoms with E-state index in [-0.39, 0.29) is 6.61 Å². The van der Waals surface area contributed by atoms with Gasteiger partial charge in [-0.25, -0.2) is 9.69 Å². The number of aldehydes is 1. The number of benzene rings is 1. The van der Waals surface area contributed by atoms with Crippen LogP contribution in [0.4, 0.5) is 10.5 Å². The fourth-order valence-electron chi connectivity index (χ4n) is 1.72. The Morgan fingerprint density at radius 3 is 2.62 bits per heavy atom. The number of ether oxygens (including phenoxy) is 1. The summed E-state index contributed by atoms with van der Waals surface area (Å²) in [4.78, 5) is 46.5. The number of amides is 3. The second kappa shape index (κ2) is 9.73. The quantitative estimate of drug-likeness (QED) is 0.610. The van der Waals surface area contributed by atoms with Gasteiger partial charge in [0, 0.05) is 11.8 Å². The van der Waals surface area contributed by atoms with Crippen LogP contribution in [0.2, 0.25) is 0 Å². The Kier molecular flexibility index (Phi) is 7.63. The van der Waals surface area contributed by atoms with Gasteiger partial charge >= 0.3 is 6.09 Å². The summed E-state index contributed by atoms with van der Waals surface area (Å²) in [5, 5.41) is 2.60. The summed E-state index contributed by atoms with van der Waals surface area (Å²) >= 11 is 0. The number of carbonyl (C=O) groups is 4. The molecule has 0 aliphatic rings. The van der Waals surface area contributed by atoms with Crippen LogP contribution < -0.4 is 5.32 Å². The summed E-state index contributed by atoms with van der Waals surface area (Å²) in [7, 11) is 0. The van der Waals surface area contributed by atoms with Gasteiger partial charge in [-0.15, -0.1) is 0 Å². The lowest BCUT2D eigenvalue weighted by atomic mass is 10.1. The van der Waals surface area contributed by atoms with Gasteiger partial charge in [0.25, 0.3) is 5.91 Å². The highest BCUT2D eigenvalue weighted by Gasteiger charge is 2.20. The summed E-state index contributed by atoms with van der Waals surface area (Å²) < 4.78 is 4.73. The Hall–Kier alpha value is -3.22. The number of rotatable bonds is 7. The molecule has 7 heteroatoms. The number of carbonyl (C=O) groups excluding carboxylic acids is 4. The normalized spacial score (nSPS) is 10.0. The highest BCUT2D eigenvalue weighted by atomic mass is 16.6. The van der Waals surface area contributed by atoms with Crippen molar-refractivity contribution in [3.63, 3.8) is 0 Å². The molecular formula is C17H18N2O5. The Labute approximate surface area is 139 Å². The highest BCUT2D eigenvalue weighted by Crippen LogP contribution is 2.17. The minimum atomic E-state index is -0.896. The van der Waals surface area contributed by atoms with E-state index < -0.39 is 24.5 Å². The zero-order valence-corrected chi connectivity index (χ0v) is 13.2. The first kappa shape index (κ1) is 18.8. The van der Waals surface area contributed by atoms with Crippen LogP contribution in [0.1, 0.15) is 12.5 Å². The SMILES string of the molecule is C=CC(=O)Nc1ccccc1/C=C/C(=O)N(CC=O)C(=O)OCC. The first-order valence-electron chi connectivity index (χ1n) is 7.15. The molecule has 0 saturated carbocycles. The maximum Gasteiger partial charge on any atom is 0.417 e. The van der Waals surface area contributed by atoms with E-state index in [4.69, 9.17) is 4.74 Å². The van der Waals surface area contributed by atoms with Crippen LogP contribution in [0, 0.1) is 0 Å². The molecule has 0 atom stereocenters. The van der Waals surface area contributed by atoms with Crippen LogP contribution in [-0.4, -0.2) is 42.2 Å². The standard InChI is InChI=1S/C17H18N2O5/c1-3-15(21)18-14-8-6-5-7-13(14)9-10-16(22)19(11-12-20)17(23)24-4-2/h3,5-10,12H,1,4,11H2,2H3,(H,18,21)/b10-9+. The first-order chi connectivity index (χ1) is 11.5. The fraction of sp³-hybridized carbons (Fsp3) is 0.176. The molecular weight excluding hydrogens is 312 g/mol. The predicted octanol–water partition coefficient (Wildman–Crippen LogP) is 2.01. The lowest BCUT2D eigenvalue weighted by Gasteiger charge is -2.15. The summed E-state index contributed by atoms with van der Waals surface area (Å²) in [6.45, 7) is 4.64. The molecule has 0 aromatic heterocycles. The van der Waals surface area contributed by atoms with Crippen molar-refractivity contribution < 1.29 is 23.9 Å². The minimum absolute atomic E-state index is 0.0849. The highest BCUT2D eigenvalue weighted by molar-refractivity contribution is 6.03. The van der Waals surface area contributed by atoms with Crippen molar-refractivity contribution in [1.82, 2.24) is 4.90 Å². The number of hydrogen-bond acceptors (Lipinski definition) is 5. The van der Waals surface area contributed by atoms with Crippen LogP contribution in [0.3, 0.4) is 0 Å². The molecule has 0 heterocycles. The van der Waals surface area contributed by atoms with Gasteiger partial charge in [-0.2, -0.15) is 0 Å². The van der Waals surface area contributed by atoms with E-state index in [9.17, 15) is 19.2 Å². The summed E-state index contributed by atoms with van der Waals surface area (Å²) in [6, 6.07) is 6.77. The maximum absolute atomic E-state index is 12.1. The van der Waals surface area contributed by atoms with Gasteiger partial charge in [0.2, 0.25) is 5.91 Å². The minimum Gasteiger partial charge on any atom is -0.449 e. The average molecular weight is 330 g/mol. The summed E-state index contributed by atoms with van der Waals surface area (Å²) in [6.07, 6.45) is 3.21. The maximum atomic E-state index is 12.1. The molecule has 24 heavy (non-hydrogen) atoms. The van der Waals surface area contributed by atoms with E-state index in [1.807, 2.05) is 0 Å². The van der Waals surface area contributed by atoms with Crippen molar-refractivity contribution in [2.45, 2.75) is 6.92 Å². The molecule has 0 aliphatic carbocycles. The van der Waals surface area contributed by atoms with E-state index in [0.29, 0.717) is 22.4 Å². The predicted molar refractivity (Wildman–Crippen MR) is 89.1 cm³/mol. The summed E-state index contributed by atoms with van der Waals surface area (Å²) in [5.41, 5.74) is 1.03. The van der Waals surface area contributed by atoms with Gasteiger partial charge in [-0.05, 0) is 30.7 Å². The third-order valence-electron chi connectivity index (χ3n) is 2.82. The van der Waals surface area contributed by atoms with E-state index in [1.54, 1.807) is 31.2 Å². The van der Waals surface area contributed by atoms with E-state index >= 15 is 0 Å². The van der Waals surface area contributed by atoms with Gasteiger partial charge < -0.3 is 14.8 Å². The molecule has 126 valence electrons. The molecule has 0 saturated heterocycles. The Balaban J connectivity index is 2.95. The number of imide groups is 1. The average Bonchev–Trinajstić information content (AvgIpc) is 2.58. The smallest absolute Gasteiger partial charge is 0.417 e. The molecule has 0 bridgehead atoms. The Morgan fingerprint density at radius 1 is 1.29 bits per heavy atom. The zero-order chi connectivity index (χ0) is 17.9. The van der Waals surface area contributed by atoms with Gasteiger partial charge in [0.15, 0.2) is 0 Å². The molecule has 3 amide bonds. The molecule has 1 rings (SSSR count). The van der Waals surface area contributed by atoms with Crippen LogP contribution in [0.25, 0.3) is 6.08 Å². The van der Waals surface area contributed by atoms with Gasteiger partial charge in [-0.3, -0.25) is 9.59 Å². The van der Waals surface area contributed by atoms with Crippen molar-refractivity contribution >= 4 is 36.0 Å². The molecule has 0 spiro atoms. The number of nitrogens with one attached hydrogen (secondary N) is 1. The number of hydrogen-bond donors (Lipinski definition) is 1. The third kappa shape index (κ3) is 5.53. The number of anilines is 1. The zero-order valence-electron chi connectivity index (χ0n) is 13.2. The van der Waals surface area contributed by atoms with E-state index in [1.165, 1.54) is 6.08 Å². The third-order valence-corrected chi connectivity index (χ3v) is 2.82. The van der Waals surface area contributed by atoms with Gasteiger partial charge in [0.1, 0.15) is 6.29 Å². The molecule has 1 aromatic carbocycles. The fourth-order valence-corrected chi connectivity index (χ4v) is 1.72. The van der Waals surface area contributed by atoms with E-state index in [2.05, 4.69) is 11.9 Å². The van der Waals surface area contributed by atoms with Gasteiger partial charge in [-0.1, -0.05) is 24.8 Å². The number of para-hydroxylation sites is 1. The lowest BCUT2D eigenvalue weighted by Crippen LogP contribution is -2.37. The molecule has 1 N–H and O–H groups in total. The molecule has 0 unspecified atom stereocenters. The lowest BCUT2D eigenvalue weighted by molar-refractivity contribution is -0.126. The first-order valence-corrected chi connectivity index (χ1v) is 7.15. The van der Waals surface area contributed by atoms with Crippen LogP contribution in [-0.2, 0) is 19.1 Å². The second-order valence-corrected chi connectivity index (χ2v) is 4.43. The van der Waals surface area contributed by atoms with Crippen molar-refractivity contribution in [1.29, 1.82) is 0 Å². The molecule has 0 aliphatic heterocycles. The molecule has 0 fully saturated rings. The molecule has 1 aromatic rings. The molecule has 7 nitrogen and oxygen atoms in total. The largest absolute Gasteiger partial charge is 0.449 e. The van der Waals surface area contributed by atoms with Crippen molar-refractivity contribution in [3.8, 4) is 0 Å². The van der Waals surface area contributed by atoms with Crippen LogP contribution in [0.5, 0.6) is 0 Å². The Morgan fingerprint density at radius 2 is 2.00 bits per heavy atom. The Bertz CT molecular complexity index is 667. The van der Waals surface area contributed by atoms with Gasteiger partial charge in [0.05, 0.1) is 13.2 Å². The van der Waals surface area contributed by atoms with Crippen LogP contribution in [0.15, 0.2) is 43.0 Å². The second-order valence-electron chi connectivity index (χ2n) is 4.43. The monoisotopic (exact) mass is 330 g/mol. The summed E-state index contributed by atoms with van der Waals surface area (Å²) in [5.74, 6) is -1.10.